The van der Waals surface area contributed by atoms with E-state index in [4.69, 9.17) is 15.3 Å². The Labute approximate surface area is 170 Å². The zero-order valence-corrected chi connectivity index (χ0v) is 16.3. The van der Waals surface area contributed by atoms with Crippen LogP contribution in [-0.2, 0) is 28.7 Å². The highest BCUT2D eigenvalue weighted by molar-refractivity contribution is 5.99. The van der Waals surface area contributed by atoms with E-state index in [1.807, 2.05) is 0 Å². The molecule has 0 aromatic rings. The van der Waals surface area contributed by atoms with E-state index in [9.17, 15) is 37.1 Å². The maximum absolute atomic E-state index is 13.6. The van der Waals surface area contributed by atoms with E-state index in [0.717, 1.165) is 0 Å². The molecule has 0 aromatic carbocycles. The first-order valence-corrected chi connectivity index (χ1v) is 9.15. The fourth-order valence-corrected chi connectivity index (χ4v) is 2.90. The summed E-state index contributed by atoms with van der Waals surface area (Å²) in [5.74, 6) is -7.49. The van der Waals surface area contributed by atoms with Crippen LogP contribution in [0.1, 0.15) is 51.9 Å². The number of ketones is 1. The minimum absolute atomic E-state index is 0.0815. The third kappa shape index (κ3) is 9.23. The van der Waals surface area contributed by atoms with E-state index in [2.05, 4.69) is 4.74 Å². The highest BCUT2D eigenvalue weighted by Crippen LogP contribution is 2.39. The van der Waals surface area contributed by atoms with E-state index in [0.29, 0.717) is 0 Å². The summed E-state index contributed by atoms with van der Waals surface area (Å²) in [5, 5.41) is 26.1. The number of halogens is 3. The van der Waals surface area contributed by atoms with Gasteiger partial charge in [-0.05, 0) is 45.4 Å². The van der Waals surface area contributed by atoms with Crippen molar-refractivity contribution in [2.75, 3.05) is 6.61 Å². The zero-order chi connectivity index (χ0) is 23.5. The van der Waals surface area contributed by atoms with Crippen LogP contribution in [0, 0.1) is 5.41 Å². The first kappa shape index (κ1) is 27.3. The average molecular weight is 442 g/mol. The number of alkyl halides is 3. The van der Waals surface area contributed by atoms with E-state index < -0.39 is 98.5 Å². The Morgan fingerprint density at radius 1 is 0.767 bits per heavy atom. The van der Waals surface area contributed by atoms with Crippen molar-refractivity contribution >= 4 is 29.7 Å². The Balaban J connectivity index is 5.83. The van der Waals surface area contributed by atoms with Crippen LogP contribution < -0.4 is 0 Å². The number of ether oxygens (including phenoxy) is 1. The number of hydrogen-bond donors (Lipinski definition) is 3. The molecule has 0 heterocycles. The zero-order valence-electron chi connectivity index (χ0n) is 16.3. The molecule has 3 atom stereocenters. The predicted octanol–water partition coefficient (Wildman–Crippen LogP) is 2.10. The Bertz CT molecular complexity index is 579. The van der Waals surface area contributed by atoms with Gasteiger partial charge in [0.2, 0.25) is 0 Å². The normalized spacial score (nSPS) is 16.0. The van der Waals surface area contributed by atoms with Crippen molar-refractivity contribution in [2.24, 2.45) is 5.41 Å². The lowest BCUT2D eigenvalue weighted by Crippen LogP contribution is -2.37. The molecule has 0 spiro atoms. The largest absolute Gasteiger partial charge is 0.479 e. The van der Waals surface area contributed by atoms with Gasteiger partial charge in [-0.2, -0.15) is 0 Å². The summed E-state index contributed by atoms with van der Waals surface area (Å²) in [6.07, 6.45) is -12.2. The SMILES string of the molecule is CCOC(=O)CC(=O)C(CCC(F)C(=O)O)(CCC(F)C(=O)O)CCC(F)C(=O)O. The topological polar surface area (TPSA) is 155 Å². The van der Waals surface area contributed by atoms with Gasteiger partial charge in [0.1, 0.15) is 12.2 Å². The fraction of sp³-hybridized carbons (Fsp3) is 0.722. The molecule has 0 fully saturated rings. The molecule has 9 nitrogen and oxygen atoms in total. The van der Waals surface area contributed by atoms with Gasteiger partial charge < -0.3 is 20.1 Å². The molecule has 0 radical (unpaired) electrons. The third-order valence-electron chi connectivity index (χ3n) is 4.63. The molecule has 3 N–H and O–H groups in total. The Hall–Kier alpha value is -2.66. The second-order valence-corrected chi connectivity index (χ2v) is 6.72. The minimum atomic E-state index is -2.43. The number of carboxylic acid groups (broad SMARTS) is 3. The number of rotatable bonds is 16. The van der Waals surface area contributed by atoms with Crippen LogP contribution in [0.3, 0.4) is 0 Å². The molecule has 30 heavy (non-hydrogen) atoms. The number of hydrogen-bond acceptors (Lipinski definition) is 6. The van der Waals surface area contributed by atoms with Crippen molar-refractivity contribution in [1.29, 1.82) is 0 Å². The summed E-state index contributed by atoms with van der Waals surface area (Å²) < 4.78 is 45.5. The molecule has 0 aliphatic carbocycles. The molecule has 3 unspecified atom stereocenters. The molecule has 0 rings (SSSR count). The van der Waals surface area contributed by atoms with Crippen molar-refractivity contribution in [2.45, 2.75) is 70.4 Å². The van der Waals surface area contributed by atoms with Gasteiger partial charge in [0.15, 0.2) is 18.5 Å². The third-order valence-corrected chi connectivity index (χ3v) is 4.63. The lowest BCUT2D eigenvalue weighted by atomic mass is 9.70. The Morgan fingerprint density at radius 2 is 1.10 bits per heavy atom. The molecule has 0 saturated heterocycles. The molecule has 0 saturated carbocycles. The smallest absolute Gasteiger partial charge is 0.338 e. The molecule has 12 heteroatoms. The van der Waals surface area contributed by atoms with Gasteiger partial charge in [-0.3, -0.25) is 9.59 Å². The van der Waals surface area contributed by atoms with E-state index >= 15 is 0 Å². The minimum Gasteiger partial charge on any atom is -0.479 e. The van der Waals surface area contributed by atoms with Crippen LogP contribution in [0.25, 0.3) is 0 Å². The van der Waals surface area contributed by atoms with Crippen molar-refractivity contribution < 1.29 is 57.2 Å². The van der Waals surface area contributed by atoms with Gasteiger partial charge in [0.05, 0.1) is 6.61 Å². The number of carboxylic acids is 3. The average Bonchev–Trinajstić information content (AvgIpc) is 2.66. The molecule has 0 aliphatic heterocycles. The standard InChI is InChI=1S/C18H25F3O9/c1-2-30-14(23)9-13(22)18(6-3-10(19)15(24)25,7-4-11(20)16(26)27)8-5-12(21)17(28)29/h10-12H,2-9H2,1H3,(H,24,25)(H,26,27)(H,28,29). The van der Waals surface area contributed by atoms with Gasteiger partial charge in [-0.15, -0.1) is 0 Å². The van der Waals surface area contributed by atoms with E-state index in [-0.39, 0.29) is 6.61 Å². The van der Waals surface area contributed by atoms with Crippen molar-refractivity contribution in [3.63, 3.8) is 0 Å². The lowest BCUT2D eigenvalue weighted by molar-refractivity contribution is -0.151. The number of aliphatic carboxylic acids is 3. The predicted molar refractivity (Wildman–Crippen MR) is 94.0 cm³/mol. The van der Waals surface area contributed by atoms with Crippen molar-refractivity contribution in [1.82, 2.24) is 0 Å². The molecule has 0 bridgehead atoms. The van der Waals surface area contributed by atoms with Gasteiger partial charge in [-0.25, -0.2) is 27.6 Å². The lowest BCUT2D eigenvalue weighted by Gasteiger charge is -2.33. The number of esters is 1. The molecule has 172 valence electrons. The quantitative estimate of drug-likeness (QED) is 0.241. The molecule has 0 aliphatic rings. The second-order valence-electron chi connectivity index (χ2n) is 6.72. The number of carbonyl (C=O) groups excluding carboxylic acids is 2. The first-order valence-electron chi connectivity index (χ1n) is 9.15. The van der Waals surface area contributed by atoms with Gasteiger partial charge >= 0.3 is 23.9 Å². The maximum Gasteiger partial charge on any atom is 0.338 e. The summed E-state index contributed by atoms with van der Waals surface area (Å²) in [7, 11) is 0. The van der Waals surface area contributed by atoms with E-state index in [1.165, 1.54) is 6.92 Å². The second kappa shape index (κ2) is 12.8. The summed E-state index contributed by atoms with van der Waals surface area (Å²) >= 11 is 0. The van der Waals surface area contributed by atoms with Gasteiger partial charge in [0, 0.05) is 5.41 Å². The van der Waals surface area contributed by atoms with Crippen molar-refractivity contribution in [3.8, 4) is 0 Å². The van der Waals surface area contributed by atoms with Gasteiger partial charge in [-0.1, -0.05) is 0 Å². The molecule has 0 aromatic heterocycles. The first-order chi connectivity index (χ1) is 13.9. The van der Waals surface area contributed by atoms with Crippen LogP contribution in [-0.4, -0.2) is 70.1 Å². The van der Waals surface area contributed by atoms with Crippen LogP contribution in [0.5, 0.6) is 0 Å². The van der Waals surface area contributed by atoms with Gasteiger partial charge in [0.25, 0.3) is 0 Å². The summed E-state index contributed by atoms with van der Waals surface area (Å²) in [5.41, 5.74) is -1.91. The Kier molecular flexibility index (Phi) is 11.7. The van der Waals surface area contributed by atoms with Crippen LogP contribution in [0.15, 0.2) is 0 Å². The van der Waals surface area contributed by atoms with Crippen LogP contribution in [0.4, 0.5) is 13.2 Å². The summed E-state index contributed by atoms with van der Waals surface area (Å²) in [6, 6.07) is 0. The fourth-order valence-electron chi connectivity index (χ4n) is 2.90. The van der Waals surface area contributed by atoms with E-state index in [1.54, 1.807) is 0 Å². The monoisotopic (exact) mass is 442 g/mol. The highest BCUT2D eigenvalue weighted by Gasteiger charge is 2.41. The summed E-state index contributed by atoms with van der Waals surface area (Å²) in [4.78, 5) is 56.7. The Morgan fingerprint density at radius 3 is 1.37 bits per heavy atom. The summed E-state index contributed by atoms with van der Waals surface area (Å²) in [6.45, 7) is 1.37. The van der Waals surface area contributed by atoms with Crippen LogP contribution >= 0.6 is 0 Å². The molecule has 0 amide bonds. The molecular weight excluding hydrogens is 417 g/mol. The molecular formula is C18H25F3O9. The number of carbonyl (C=O) groups is 5. The van der Waals surface area contributed by atoms with Crippen molar-refractivity contribution in [3.05, 3.63) is 0 Å². The van der Waals surface area contributed by atoms with Crippen LogP contribution in [0.2, 0.25) is 0 Å². The maximum atomic E-state index is 13.6. The number of Topliss-reactive ketones (excluding diaryl/α,β-unsaturated/α-hetero) is 1. The highest BCUT2D eigenvalue weighted by atomic mass is 19.1.